The Morgan fingerprint density at radius 3 is 1.10 bits per heavy atom. The molecule has 17 aliphatic rings. The van der Waals surface area contributed by atoms with Crippen molar-refractivity contribution in [1.29, 1.82) is 0 Å². The molecule has 0 aromatic carbocycles. The normalized spacial score (nSPS) is 41.6. The van der Waals surface area contributed by atoms with E-state index < -0.39 is 16.2 Å². The molecule has 16 bridgehead atoms. The highest BCUT2D eigenvalue weighted by Gasteiger charge is 2.68. The Balaban J connectivity index is 0.000000255. The molecule has 12 nitrogen and oxygen atoms in total. The monoisotopic (exact) mass is 1380 g/mol. The van der Waals surface area contributed by atoms with Gasteiger partial charge in [-0.3, -0.25) is 28.8 Å². The highest BCUT2D eigenvalue weighted by Crippen LogP contribution is 2.70. The van der Waals surface area contributed by atoms with Gasteiger partial charge in [-0.1, -0.05) is 100 Å². The minimum atomic E-state index is -0.454. The Hall–Kier alpha value is -3.18. The maximum absolute atomic E-state index is 13.5. The number of hydrogen-bond acceptors (Lipinski definition) is 12. The molecule has 0 amide bonds. The van der Waals surface area contributed by atoms with E-state index >= 15 is 0 Å². The molecule has 17 rings (SSSR count). The fourth-order valence-corrected chi connectivity index (χ4v) is 24.3. The van der Waals surface area contributed by atoms with Gasteiger partial charge in [0, 0.05) is 11.8 Å². The van der Waals surface area contributed by atoms with E-state index in [1.165, 1.54) is 96.3 Å². The molecule has 0 saturated heterocycles. The Bertz CT molecular complexity index is 2640. The van der Waals surface area contributed by atoms with Crippen LogP contribution >= 0.6 is 0 Å². The van der Waals surface area contributed by atoms with E-state index in [9.17, 15) is 28.8 Å². The van der Waals surface area contributed by atoms with Crippen molar-refractivity contribution in [1.82, 2.24) is 0 Å². The van der Waals surface area contributed by atoms with Crippen LogP contribution in [0.5, 0.6) is 0 Å². The molecule has 98 heavy (non-hydrogen) atoms. The first-order valence-corrected chi connectivity index (χ1v) is 38.0. The van der Waals surface area contributed by atoms with Crippen molar-refractivity contribution >= 4 is 35.8 Å². The second kappa shape index (κ2) is 32.0. The van der Waals surface area contributed by atoms with Gasteiger partial charge in [-0.05, 0) is 329 Å². The molecule has 17 fully saturated rings. The van der Waals surface area contributed by atoms with Crippen LogP contribution in [0.1, 0.15) is 335 Å². The molecule has 16 unspecified atom stereocenters. The zero-order chi connectivity index (χ0) is 63.8. The van der Waals surface area contributed by atoms with Crippen molar-refractivity contribution in [2.24, 2.45) is 141 Å². The lowest BCUT2D eigenvalue weighted by Gasteiger charge is -2.60. The van der Waals surface area contributed by atoms with Crippen LogP contribution in [-0.2, 0) is 57.2 Å². The van der Waals surface area contributed by atoms with Crippen molar-refractivity contribution in [2.75, 3.05) is 0 Å². The zero-order valence-electron chi connectivity index (χ0n) is 58.0. The lowest BCUT2D eigenvalue weighted by molar-refractivity contribution is -0.217. The Morgan fingerprint density at radius 1 is 0.347 bits per heavy atom. The molecule has 0 radical (unpaired) electrons. The summed E-state index contributed by atoms with van der Waals surface area (Å²) in [5.74, 6) is 10.5. The summed E-state index contributed by atoms with van der Waals surface area (Å²) in [4.78, 5) is 78.2. The molecule has 0 heterocycles. The van der Waals surface area contributed by atoms with Gasteiger partial charge in [-0.25, -0.2) is 0 Å². The Kier molecular flexibility index (Phi) is 27.9. The summed E-state index contributed by atoms with van der Waals surface area (Å²) in [6.07, 6.45) is 32.9. The maximum atomic E-state index is 13.5. The fraction of sp³-hybridized carbons (Fsp3) is 0.930. The van der Waals surface area contributed by atoms with E-state index in [0.717, 1.165) is 126 Å². The average molecular weight is 1380 g/mol. The van der Waals surface area contributed by atoms with Crippen LogP contribution in [0.3, 0.4) is 0 Å². The summed E-state index contributed by atoms with van der Waals surface area (Å²) in [7, 11) is 0. The molecular formula is C86H152O12. The van der Waals surface area contributed by atoms with Gasteiger partial charge in [-0.2, -0.15) is 0 Å². The van der Waals surface area contributed by atoms with E-state index in [0.29, 0.717) is 65.1 Å². The molecular weight excluding hydrogens is 1220 g/mol. The van der Waals surface area contributed by atoms with Crippen LogP contribution in [-0.4, -0.2) is 70.9 Å². The highest BCUT2D eigenvalue weighted by molar-refractivity contribution is 5.79. The fourth-order valence-electron chi connectivity index (χ4n) is 24.3. The quantitative estimate of drug-likeness (QED) is 0.0772. The molecule has 0 aromatic rings. The van der Waals surface area contributed by atoms with Gasteiger partial charge >= 0.3 is 35.8 Å². The lowest BCUT2D eigenvalue weighted by atomic mass is 9.49. The first-order valence-electron chi connectivity index (χ1n) is 38.0. The Morgan fingerprint density at radius 2 is 0.704 bits per heavy atom. The third-order valence-corrected chi connectivity index (χ3v) is 30.4. The van der Waals surface area contributed by atoms with Crippen LogP contribution < -0.4 is 0 Å². The van der Waals surface area contributed by atoms with Crippen molar-refractivity contribution in [3.63, 3.8) is 0 Å². The van der Waals surface area contributed by atoms with Crippen LogP contribution in [0.15, 0.2) is 0 Å². The number of hydrogen-bond donors (Lipinski definition) is 0. The molecule has 12 heteroatoms. The van der Waals surface area contributed by atoms with Gasteiger partial charge in [-0.15, -0.1) is 0 Å². The maximum Gasteiger partial charge on any atom is 0.311 e. The van der Waals surface area contributed by atoms with Crippen molar-refractivity contribution in [3.8, 4) is 0 Å². The van der Waals surface area contributed by atoms with Crippen LogP contribution in [0, 0.1) is 141 Å². The van der Waals surface area contributed by atoms with Crippen molar-refractivity contribution in [3.05, 3.63) is 0 Å². The topological polar surface area (TPSA) is 158 Å². The molecule has 17 saturated carbocycles. The minimum absolute atomic E-state index is 0. The SMILES string of the molecule is C.C.C.C.C.C.C.C.CCC(C)(C)C(=O)OC1CC2CC(C(=O)OC3(C)C4CC5CC(C4)CC3C5)C1C2.CCC(C)(C)C(=O)OC1CC2CC(C(=O)OC3(CC)C4CC5CC(C4)CC3C5)C1C2.CCC1(OC(=O)C2CC3CC2C2C4CC(CC4OC(=O)C(C)(C)CC)C32)CCCCC1. The number of rotatable bonds is 17. The molecule has 17 aliphatic carbocycles. The van der Waals surface area contributed by atoms with Gasteiger partial charge in [0.05, 0.1) is 34.0 Å². The number of ether oxygens (including phenoxy) is 6. The van der Waals surface area contributed by atoms with Gasteiger partial charge < -0.3 is 28.4 Å². The molecule has 16 atom stereocenters. The Labute approximate surface area is 600 Å². The summed E-state index contributed by atoms with van der Waals surface area (Å²) in [5, 5.41) is 0. The van der Waals surface area contributed by atoms with Gasteiger partial charge in [0.1, 0.15) is 35.1 Å². The van der Waals surface area contributed by atoms with Gasteiger partial charge in [0.15, 0.2) is 0 Å². The van der Waals surface area contributed by atoms with Gasteiger partial charge in [0.2, 0.25) is 0 Å². The molecule has 0 N–H and O–H groups in total. The number of carbonyl (C=O) groups excluding carboxylic acids is 6. The average Bonchev–Trinajstić information content (AvgIpc) is 0.982. The molecule has 0 aliphatic heterocycles. The summed E-state index contributed by atoms with van der Waals surface area (Å²) in [6.45, 7) is 24.5. The van der Waals surface area contributed by atoms with Crippen LogP contribution in [0.25, 0.3) is 0 Å². The van der Waals surface area contributed by atoms with Crippen LogP contribution in [0.2, 0.25) is 0 Å². The standard InChI is InChI=1S/C27H42O4.C26H40O4.C25H38O4.8CH4/c1-5-26(3,4)25(29)30-21-15-17-14-20(21)23-18-12-16(22(17)23)13-19(18)24(28)31-27(6-2)10-8-7-9-11-27;1-5-25(3,4)24(28)29-22-14-17-12-20(22)21(13-17)23(27)30-26(6-2)18-8-15-7-16(10-18)11-19(26)9-15;1-5-24(2,3)23(27)28-21-13-16-11-19(21)20(12-16)22(26)29-25(4)17-7-14-6-15(9-17)10-18(25)8-14;;;;;;;;/h16-23H,5-15H2,1-4H3;15-22H,5-14H2,1-4H3;14-21H,5-13H2,1-4H3;8*1H4. The second-order valence-corrected chi connectivity index (χ2v) is 36.2. The zero-order valence-corrected chi connectivity index (χ0v) is 58.0. The highest BCUT2D eigenvalue weighted by atomic mass is 16.6. The van der Waals surface area contributed by atoms with E-state index in [1.807, 2.05) is 55.4 Å². The number of fused-ring (bicyclic) bond motifs is 13. The van der Waals surface area contributed by atoms with Gasteiger partial charge in [0.25, 0.3) is 0 Å². The van der Waals surface area contributed by atoms with E-state index in [-0.39, 0.29) is 160 Å². The number of carbonyl (C=O) groups is 6. The predicted octanol–water partition coefficient (Wildman–Crippen LogP) is 21.7. The van der Waals surface area contributed by atoms with Crippen molar-refractivity contribution in [2.45, 2.75) is 370 Å². The summed E-state index contributed by atoms with van der Waals surface area (Å²) >= 11 is 0. The second-order valence-electron chi connectivity index (χ2n) is 36.2. The first kappa shape index (κ1) is 85.5. The van der Waals surface area contributed by atoms with Crippen LogP contribution in [0.4, 0.5) is 0 Å². The lowest BCUT2D eigenvalue weighted by Crippen LogP contribution is -2.60. The number of esters is 6. The molecule has 0 aromatic heterocycles. The summed E-state index contributed by atoms with van der Waals surface area (Å²) in [5.41, 5.74) is -1.99. The molecule has 0 spiro atoms. The van der Waals surface area contributed by atoms with E-state index in [2.05, 4.69) is 27.7 Å². The van der Waals surface area contributed by atoms with E-state index in [1.54, 1.807) is 0 Å². The van der Waals surface area contributed by atoms with E-state index in [4.69, 9.17) is 28.4 Å². The smallest absolute Gasteiger partial charge is 0.311 e. The third-order valence-electron chi connectivity index (χ3n) is 30.4. The largest absolute Gasteiger partial charge is 0.462 e. The summed E-state index contributed by atoms with van der Waals surface area (Å²) < 4.78 is 37.3. The third kappa shape index (κ3) is 15.2. The minimum Gasteiger partial charge on any atom is -0.462 e. The predicted molar refractivity (Wildman–Crippen MR) is 397 cm³/mol. The molecule has 568 valence electrons. The summed E-state index contributed by atoms with van der Waals surface area (Å²) in [6, 6.07) is 0. The van der Waals surface area contributed by atoms with Crippen molar-refractivity contribution < 1.29 is 57.2 Å². The first-order chi connectivity index (χ1) is 42.7.